The van der Waals surface area contributed by atoms with Gasteiger partial charge in [-0.1, -0.05) is 23.8 Å². The maximum absolute atomic E-state index is 13.1. The number of aromatic nitrogens is 4. The van der Waals surface area contributed by atoms with Crippen molar-refractivity contribution in [3.05, 3.63) is 71.1 Å². The van der Waals surface area contributed by atoms with Crippen LogP contribution in [0.2, 0.25) is 0 Å². The molecule has 0 spiro atoms. The number of hydrogen-bond acceptors (Lipinski definition) is 7. The largest absolute Gasteiger partial charge is 0.469 e. The van der Waals surface area contributed by atoms with Gasteiger partial charge in [-0.25, -0.2) is 9.37 Å². The number of amides is 2. The van der Waals surface area contributed by atoms with Gasteiger partial charge in [0.15, 0.2) is 0 Å². The lowest BCUT2D eigenvalue weighted by Gasteiger charge is -2.30. The van der Waals surface area contributed by atoms with E-state index in [1.54, 1.807) is 12.1 Å². The third kappa shape index (κ3) is 5.34. The number of fused-ring (bicyclic) bond motifs is 1. The van der Waals surface area contributed by atoms with E-state index in [1.807, 2.05) is 13.0 Å². The molecule has 0 fully saturated rings. The van der Waals surface area contributed by atoms with Crippen LogP contribution in [0, 0.1) is 11.2 Å². The number of methoxy groups -OCH3 is 1. The van der Waals surface area contributed by atoms with Crippen molar-refractivity contribution >= 4 is 23.6 Å². The molecule has 0 saturated carbocycles. The fourth-order valence-electron chi connectivity index (χ4n) is 3.85. The molecule has 0 saturated heterocycles. The van der Waals surface area contributed by atoms with Crippen molar-refractivity contribution in [3.63, 3.8) is 0 Å². The van der Waals surface area contributed by atoms with Gasteiger partial charge in [0.05, 0.1) is 12.5 Å². The zero-order valence-corrected chi connectivity index (χ0v) is 19.4. The Balaban J connectivity index is 1.44. The summed E-state index contributed by atoms with van der Waals surface area (Å²) < 4.78 is 19.2. The molecule has 35 heavy (non-hydrogen) atoms. The number of nitrogens with zero attached hydrogens (tertiary/aromatic N) is 4. The second-order valence-electron chi connectivity index (χ2n) is 8.61. The lowest BCUT2D eigenvalue weighted by Crippen LogP contribution is -2.33. The number of benzene rings is 1. The fourth-order valence-corrected chi connectivity index (χ4v) is 3.85. The summed E-state index contributed by atoms with van der Waals surface area (Å²) in [6.07, 6.45) is 5.01. The van der Waals surface area contributed by atoms with Gasteiger partial charge >= 0.3 is 5.97 Å². The zero-order chi connectivity index (χ0) is 25.0. The summed E-state index contributed by atoms with van der Waals surface area (Å²) in [5.74, 6) is -1.46. The minimum Gasteiger partial charge on any atom is -0.469 e. The van der Waals surface area contributed by atoms with Gasteiger partial charge in [-0.15, -0.1) is 0 Å². The van der Waals surface area contributed by atoms with Crippen LogP contribution in [0.4, 0.5) is 4.39 Å². The first-order valence-electron chi connectivity index (χ1n) is 11.1. The number of carbonyl (C=O) groups is 3. The maximum Gasteiger partial charge on any atom is 0.311 e. The second kappa shape index (κ2) is 10.00. The van der Waals surface area contributed by atoms with Gasteiger partial charge in [0.25, 0.3) is 17.6 Å². The molecule has 2 N–H and O–H groups in total. The molecule has 182 valence electrons. The SMILES string of the molecule is COC(=O)C1(C)CC=C(CNC(=O)c2cc(C(=O)NCc3ccc(F)cc3)nc3ncnn23)CC1. The molecule has 0 aliphatic heterocycles. The Morgan fingerprint density at radius 3 is 2.57 bits per heavy atom. The fraction of sp³-hybridized carbons (Fsp3) is 0.333. The van der Waals surface area contributed by atoms with E-state index in [4.69, 9.17) is 4.74 Å². The summed E-state index contributed by atoms with van der Waals surface area (Å²) >= 11 is 0. The van der Waals surface area contributed by atoms with Crippen LogP contribution in [0.1, 0.15) is 52.7 Å². The van der Waals surface area contributed by atoms with Crippen LogP contribution < -0.4 is 10.6 Å². The number of nitrogens with one attached hydrogen (secondary N) is 2. The van der Waals surface area contributed by atoms with Gasteiger partial charge in [-0.3, -0.25) is 14.4 Å². The third-order valence-electron chi connectivity index (χ3n) is 6.08. The second-order valence-corrected chi connectivity index (χ2v) is 8.61. The molecular formula is C24H25FN6O4. The molecule has 2 heterocycles. The molecule has 1 unspecified atom stereocenters. The monoisotopic (exact) mass is 480 g/mol. The van der Waals surface area contributed by atoms with Crippen LogP contribution in [0.25, 0.3) is 5.78 Å². The van der Waals surface area contributed by atoms with Crippen molar-refractivity contribution in [1.29, 1.82) is 0 Å². The number of hydrogen-bond donors (Lipinski definition) is 2. The van der Waals surface area contributed by atoms with Crippen LogP contribution in [0.3, 0.4) is 0 Å². The first-order valence-corrected chi connectivity index (χ1v) is 11.1. The minimum atomic E-state index is -0.559. The number of ether oxygens (including phenoxy) is 1. The Morgan fingerprint density at radius 2 is 1.89 bits per heavy atom. The highest BCUT2D eigenvalue weighted by Crippen LogP contribution is 2.35. The maximum atomic E-state index is 13.1. The average Bonchev–Trinajstić information content (AvgIpc) is 3.35. The molecule has 1 atom stereocenters. The Hall–Kier alpha value is -4.15. The molecule has 0 radical (unpaired) electrons. The van der Waals surface area contributed by atoms with Crippen LogP contribution in [0.15, 0.2) is 48.3 Å². The van der Waals surface area contributed by atoms with E-state index in [2.05, 4.69) is 25.7 Å². The number of rotatable bonds is 7. The van der Waals surface area contributed by atoms with Crippen molar-refractivity contribution in [2.75, 3.05) is 13.7 Å². The number of halogens is 1. The molecule has 1 aliphatic carbocycles. The van der Waals surface area contributed by atoms with Crippen LogP contribution >= 0.6 is 0 Å². The molecule has 10 nitrogen and oxygen atoms in total. The van der Waals surface area contributed by atoms with Crippen LogP contribution in [0.5, 0.6) is 0 Å². The van der Waals surface area contributed by atoms with E-state index >= 15 is 0 Å². The van der Waals surface area contributed by atoms with Gasteiger partial charge in [-0.05, 0) is 43.9 Å². The summed E-state index contributed by atoms with van der Waals surface area (Å²) in [6, 6.07) is 7.10. The van der Waals surface area contributed by atoms with E-state index in [-0.39, 0.29) is 35.5 Å². The lowest BCUT2D eigenvalue weighted by molar-refractivity contribution is -0.152. The normalized spacial score (nSPS) is 17.5. The standard InChI is InChI=1S/C24H25FN6O4/c1-24(22(34)35-2)9-7-16(8-10-24)13-27-21(33)19-11-18(30-23-28-14-29-31(19)23)20(32)26-12-15-3-5-17(25)6-4-15/h3-7,11,14H,8-10,12-13H2,1-2H3,(H,26,32)(H,27,33). The van der Waals surface area contributed by atoms with Gasteiger partial charge in [0.1, 0.15) is 23.5 Å². The van der Waals surface area contributed by atoms with E-state index in [0.717, 1.165) is 5.57 Å². The molecule has 11 heteroatoms. The Bertz CT molecular complexity index is 1300. The van der Waals surface area contributed by atoms with E-state index in [9.17, 15) is 18.8 Å². The molecule has 0 bridgehead atoms. The molecule has 4 rings (SSSR count). The first kappa shape index (κ1) is 24.0. The predicted molar refractivity (Wildman–Crippen MR) is 123 cm³/mol. The average molecular weight is 481 g/mol. The van der Waals surface area contributed by atoms with Gasteiger partial charge < -0.3 is 15.4 Å². The van der Waals surface area contributed by atoms with Crippen molar-refractivity contribution in [2.45, 2.75) is 32.7 Å². The van der Waals surface area contributed by atoms with Crippen molar-refractivity contribution in [1.82, 2.24) is 30.2 Å². The van der Waals surface area contributed by atoms with Crippen molar-refractivity contribution < 1.29 is 23.5 Å². The minimum absolute atomic E-state index is 0.00323. The summed E-state index contributed by atoms with van der Waals surface area (Å²) in [7, 11) is 1.38. The molecule has 1 aromatic carbocycles. The smallest absolute Gasteiger partial charge is 0.311 e. The first-order chi connectivity index (χ1) is 16.8. The quantitative estimate of drug-likeness (QED) is 0.392. The lowest BCUT2D eigenvalue weighted by atomic mass is 9.76. The highest BCUT2D eigenvalue weighted by Gasteiger charge is 2.35. The van der Waals surface area contributed by atoms with Crippen molar-refractivity contribution in [2.24, 2.45) is 5.41 Å². The van der Waals surface area contributed by atoms with E-state index in [1.165, 1.54) is 36.2 Å². The van der Waals surface area contributed by atoms with Crippen LogP contribution in [-0.2, 0) is 16.1 Å². The van der Waals surface area contributed by atoms with Gasteiger partial charge in [-0.2, -0.15) is 14.6 Å². The molecule has 3 aromatic rings. The highest BCUT2D eigenvalue weighted by atomic mass is 19.1. The molecule has 1 aliphatic rings. The van der Waals surface area contributed by atoms with E-state index < -0.39 is 17.2 Å². The summed E-state index contributed by atoms with van der Waals surface area (Å²) in [5, 5.41) is 9.58. The molecule has 2 aromatic heterocycles. The van der Waals surface area contributed by atoms with E-state index in [0.29, 0.717) is 31.4 Å². The Morgan fingerprint density at radius 1 is 1.14 bits per heavy atom. The molecular weight excluding hydrogens is 455 g/mol. The van der Waals surface area contributed by atoms with Gasteiger partial charge in [0.2, 0.25) is 0 Å². The zero-order valence-electron chi connectivity index (χ0n) is 19.4. The topological polar surface area (TPSA) is 128 Å². The summed E-state index contributed by atoms with van der Waals surface area (Å²) in [5.41, 5.74) is 1.26. The summed E-state index contributed by atoms with van der Waals surface area (Å²) in [6.45, 7) is 2.32. The number of esters is 1. The third-order valence-corrected chi connectivity index (χ3v) is 6.08. The van der Waals surface area contributed by atoms with Gasteiger partial charge in [0, 0.05) is 19.2 Å². The number of allylic oxidation sites excluding steroid dienone is 1. The predicted octanol–water partition coefficient (Wildman–Crippen LogP) is 2.21. The Kier molecular flexibility index (Phi) is 6.85. The summed E-state index contributed by atoms with van der Waals surface area (Å²) in [4.78, 5) is 45.8. The van der Waals surface area contributed by atoms with Crippen LogP contribution in [-0.4, -0.2) is 51.0 Å². The molecule has 2 amide bonds. The number of carbonyl (C=O) groups excluding carboxylic acids is 3. The highest BCUT2D eigenvalue weighted by molar-refractivity contribution is 5.98. The van der Waals surface area contributed by atoms with Crippen molar-refractivity contribution in [3.8, 4) is 0 Å². The Labute approximate surface area is 200 Å².